The molecule has 0 radical (unpaired) electrons. The van der Waals surface area contributed by atoms with Gasteiger partial charge in [0.25, 0.3) is 0 Å². The molecular formula is C9H9F3O3. The Hall–Kier alpha value is -1.30. The molecule has 3 nitrogen and oxygen atoms in total. The van der Waals surface area contributed by atoms with E-state index in [1.807, 2.05) is 0 Å². The van der Waals surface area contributed by atoms with Crippen LogP contribution in [0.4, 0.5) is 13.2 Å². The Bertz CT molecular complexity index is 316. The number of carbonyl (C=O) groups excluding carboxylic acids is 1. The summed E-state index contributed by atoms with van der Waals surface area (Å²) < 4.78 is 40.4. The van der Waals surface area contributed by atoms with Gasteiger partial charge in [-0.05, 0) is 12.1 Å². The first-order chi connectivity index (χ1) is 6.91. The average Bonchev–Trinajstić information content (AvgIpc) is 2.63. The SMILES string of the molecule is O=C(CCc1ccco1)C(O)C(F)(F)F. The van der Waals surface area contributed by atoms with Gasteiger partial charge in [-0.2, -0.15) is 13.2 Å². The van der Waals surface area contributed by atoms with E-state index < -0.39 is 24.5 Å². The Balaban J connectivity index is 2.43. The Morgan fingerprint density at radius 3 is 2.67 bits per heavy atom. The van der Waals surface area contributed by atoms with Crippen LogP contribution in [0.3, 0.4) is 0 Å². The van der Waals surface area contributed by atoms with Gasteiger partial charge in [-0.1, -0.05) is 0 Å². The van der Waals surface area contributed by atoms with E-state index in [1.54, 1.807) is 12.1 Å². The predicted molar refractivity (Wildman–Crippen MR) is 44.1 cm³/mol. The lowest BCUT2D eigenvalue weighted by Gasteiger charge is -2.12. The van der Waals surface area contributed by atoms with Gasteiger partial charge in [-0.3, -0.25) is 4.79 Å². The largest absolute Gasteiger partial charge is 0.469 e. The first-order valence-electron chi connectivity index (χ1n) is 4.21. The minimum atomic E-state index is -4.89. The highest BCUT2D eigenvalue weighted by atomic mass is 19.4. The van der Waals surface area contributed by atoms with Gasteiger partial charge >= 0.3 is 6.18 Å². The molecule has 84 valence electrons. The van der Waals surface area contributed by atoms with Crippen LogP contribution in [-0.2, 0) is 11.2 Å². The van der Waals surface area contributed by atoms with Gasteiger partial charge in [-0.25, -0.2) is 0 Å². The zero-order valence-electron chi connectivity index (χ0n) is 7.62. The predicted octanol–water partition coefficient (Wildman–Crippen LogP) is 1.70. The lowest BCUT2D eigenvalue weighted by Crippen LogP contribution is -2.36. The second kappa shape index (κ2) is 4.48. The van der Waals surface area contributed by atoms with Crippen molar-refractivity contribution in [1.29, 1.82) is 0 Å². The summed E-state index contributed by atoms with van der Waals surface area (Å²) in [6, 6.07) is 3.12. The number of aryl methyl sites for hydroxylation is 1. The van der Waals surface area contributed by atoms with E-state index >= 15 is 0 Å². The number of halogens is 3. The van der Waals surface area contributed by atoms with Crippen molar-refractivity contribution in [3.05, 3.63) is 24.2 Å². The first-order valence-corrected chi connectivity index (χ1v) is 4.21. The summed E-state index contributed by atoms with van der Waals surface area (Å²) in [4.78, 5) is 10.9. The second-order valence-corrected chi connectivity index (χ2v) is 2.99. The molecule has 1 aromatic rings. The van der Waals surface area contributed by atoms with E-state index in [0.717, 1.165) is 0 Å². The molecule has 0 aliphatic rings. The highest BCUT2D eigenvalue weighted by molar-refractivity contribution is 5.83. The topological polar surface area (TPSA) is 50.4 Å². The number of alkyl halides is 3. The first kappa shape index (κ1) is 11.8. The molecule has 0 spiro atoms. The molecule has 0 bridgehead atoms. The molecule has 15 heavy (non-hydrogen) atoms. The normalized spacial score (nSPS) is 13.9. The maximum absolute atomic E-state index is 11.9. The van der Waals surface area contributed by atoms with Gasteiger partial charge < -0.3 is 9.52 Å². The van der Waals surface area contributed by atoms with Crippen LogP contribution in [0.1, 0.15) is 12.2 Å². The Morgan fingerprint density at radius 2 is 2.20 bits per heavy atom. The van der Waals surface area contributed by atoms with Crippen LogP contribution in [0.15, 0.2) is 22.8 Å². The van der Waals surface area contributed by atoms with Crippen molar-refractivity contribution in [2.24, 2.45) is 0 Å². The van der Waals surface area contributed by atoms with Crippen molar-refractivity contribution in [2.75, 3.05) is 0 Å². The van der Waals surface area contributed by atoms with Crippen LogP contribution in [-0.4, -0.2) is 23.2 Å². The van der Waals surface area contributed by atoms with Crippen LogP contribution < -0.4 is 0 Å². The molecule has 0 aliphatic carbocycles. The van der Waals surface area contributed by atoms with Crippen molar-refractivity contribution in [2.45, 2.75) is 25.1 Å². The highest BCUT2D eigenvalue weighted by Gasteiger charge is 2.42. The van der Waals surface area contributed by atoms with Crippen LogP contribution in [0.2, 0.25) is 0 Å². The molecule has 0 aliphatic heterocycles. The maximum atomic E-state index is 11.9. The number of aliphatic hydroxyl groups is 1. The number of hydrogen-bond acceptors (Lipinski definition) is 3. The standard InChI is InChI=1S/C9H9F3O3/c10-9(11,12)8(14)7(13)4-3-6-2-1-5-15-6/h1-2,5,8,14H,3-4H2. The molecule has 0 amide bonds. The van der Waals surface area contributed by atoms with Crippen LogP contribution >= 0.6 is 0 Å². The molecule has 0 fully saturated rings. The fourth-order valence-corrected chi connectivity index (χ4v) is 1.02. The van der Waals surface area contributed by atoms with Crippen molar-refractivity contribution in [3.63, 3.8) is 0 Å². The highest BCUT2D eigenvalue weighted by Crippen LogP contribution is 2.21. The molecule has 0 saturated carbocycles. The third kappa shape index (κ3) is 3.39. The second-order valence-electron chi connectivity index (χ2n) is 2.99. The summed E-state index contributed by atoms with van der Waals surface area (Å²) in [6.45, 7) is 0. The molecule has 1 N–H and O–H groups in total. The summed E-state index contributed by atoms with van der Waals surface area (Å²) >= 11 is 0. The van der Waals surface area contributed by atoms with Gasteiger partial charge in [0.15, 0.2) is 5.78 Å². The lowest BCUT2D eigenvalue weighted by molar-refractivity contribution is -0.203. The average molecular weight is 222 g/mol. The van der Waals surface area contributed by atoms with E-state index in [9.17, 15) is 18.0 Å². The smallest absolute Gasteiger partial charge is 0.421 e. The number of ketones is 1. The van der Waals surface area contributed by atoms with Gasteiger partial charge in [0.2, 0.25) is 6.10 Å². The third-order valence-corrected chi connectivity index (χ3v) is 1.81. The van der Waals surface area contributed by atoms with Gasteiger partial charge in [-0.15, -0.1) is 0 Å². The monoisotopic (exact) mass is 222 g/mol. The van der Waals surface area contributed by atoms with E-state index in [4.69, 9.17) is 9.52 Å². The van der Waals surface area contributed by atoms with Crippen molar-refractivity contribution in [1.82, 2.24) is 0 Å². The number of aliphatic hydroxyl groups excluding tert-OH is 1. The summed E-state index contributed by atoms with van der Waals surface area (Å²) in [5.74, 6) is -0.836. The maximum Gasteiger partial charge on any atom is 0.421 e. The number of rotatable bonds is 4. The van der Waals surface area contributed by atoms with E-state index in [-0.39, 0.29) is 6.42 Å². The molecule has 1 aromatic heterocycles. The number of Topliss-reactive ketones (excluding diaryl/α,β-unsaturated/α-hetero) is 1. The quantitative estimate of drug-likeness (QED) is 0.843. The van der Waals surface area contributed by atoms with E-state index in [0.29, 0.717) is 5.76 Å². The zero-order chi connectivity index (χ0) is 11.5. The van der Waals surface area contributed by atoms with Crippen LogP contribution in [0.5, 0.6) is 0 Å². The Labute approximate surface area is 83.5 Å². The Morgan fingerprint density at radius 1 is 1.53 bits per heavy atom. The van der Waals surface area contributed by atoms with E-state index in [2.05, 4.69) is 0 Å². The third-order valence-electron chi connectivity index (χ3n) is 1.81. The van der Waals surface area contributed by atoms with Crippen LogP contribution in [0, 0.1) is 0 Å². The molecule has 0 aromatic carbocycles. The van der Waals surface area contributed by atoms with Crippen LogP contribution in [0.25, 0.3) is 0 Å². The molecule has 1 unspecified atom stereocenters. The fourth-order valence-electron chi connectivity index (χ4n) is 1.02. The molecule has 6 heteroatoms. The molecule has 0 saturated heterocycles. The number of furan rings is 1. The molecular weight excluding hydrogens is 213 g/mol. The molecule has 1 rings (SSSR count). The molecule has 1 heterocycles. The summed E-state index contributed by atoms with van der Waals surface area (Å²) in [5.41, 5.74) is 0. The van der Waals surface area contributed by atoms with Gasteiger partial charge in [0.05, 0.1) is 6.26 Å². The minimum Gasteiger partial charge on any atom is -0.469 e. The van der Waals surface area contributed by atoms with E-state index in [1.165, 1.54) is 6.26 Å². The summed E-state index contributed by atoms with van der Waals surface area (Å²) in [6.07, 6.45) is -6.76. The van der Waals surface area contributed by atoms with Gasteiger partial charge in [0.1, 0.15) is 5.76 Å². The molecule has 1 atom stereocenters. The number of carbonyl (C=O) groups is 1. The number of hydrogen-bond donors (Lipinski definition) is 1. The van der Waals surface area contributed by atoms with Crippen molar-refractivity contribution in [3.8, 4) is 0 Å². The minimum absolute atomic E-state index is 0.0545. The summed E-state index contributed by atoms with van der Waals surface area (Å²) in [5, 5.41) is 8.58. The Kier molecular flexibility index (Phi) is 3.52. The fraction of sp³-hybridized carbons (Fsp3) is 0.444. The lowest BCUT2D eigenvalue weighted by atomic mass is 10.1. The van der Waals surface area contributed by atoms with Gasteiger partial charge in [0, 0.05) is 12.8 Å². The van der Waals surface area contributed by atoms with Crippen molar-refractivity contribution < 1.29 is 27.5 Å². The van der Waals surface area contributed by atoms with Crippen molar-refractivity contribution >= 4 is 5.78 Å². The zero-order valence-corrected chi connectivity index (χ0v) is 7.62. The summed E-state index contributed by atoms with van der Waals surface area (Å²) in [7, 11) is 0.